The predicted octanol–water partition coefficient (Wildman–Crippen LogP) is 3.92. The number of hydrogen-bond donors (Lipinski definition) is 1. The Morgan fingerprint density at radius 2 is 2.04 bits per heavy atom. The fourth-order valence-electron chi connectivity index (χ4n) is 3.27. The molecule has 0 spiro atoms. The SMILES string of the molecule is CC(C)(C)OC(=O)N1CCC(Cn2cc(-c3cc(F)ccc3N)cn2)CC1. The van der Waals surface area contributed by atoms with Gasteiger partial charge in [0.15, 0.2) is 0 Å². The molecule has 1 aliphatic rings. The number of piperidine rings is 1. The number of rotatable bonds is 3. The third kappa shape index (κ3) is 4.99. The van der Waals surface area contributed by atoms with E-state index in [4.69, 9.17) is 10.5 Å². The third-order valence-corrected chi connectivity index (χ3v) is 4.67. The molecular weight excluding hydrogens is 347 g/mol. The lowest BCUT2D eigenvalue weighted by molar-refractivity contribution is 0.0177. The normalized spacial score (nSPS) is 15.8. The standard InChI is InChI=1S/C20H27FN4O2/c1-20(2,3)27-19(26)24-8-6-14(7-9-24)12-25-13-15(11-23-25)17-10-16(21)4-5-18(17)22/h4-5,10-11,13-14H,6-9,12,22H2,1-3H3. The first kappa shape index (κ1) is 19.2. The van der Waals surface area contributed by atoms with Crippen molar-refractivity contribution in [2.45, 2.75) is 45.8 Å². The van der Waals surface area contributed by atoms with Crippen molar-refractivity contribution < 1.29 is 13.9 Å². The summed E-state index contributed by atoms with van der Waals surface area (Å²) in [5, 5.41) is 4.39. The molecule has 2 heterocycles. The molecule has 7 heteroatoms. The van der Waals surface area contributed by atoms with E-state index in [0.717, 1.165) is 24.9 Å². The van der Waals surface area contributed by atoms with Crippen molar-refractivity contribution in [3.8, 4) is 11.1 Å². The summed E-state index contributed by atoms with van der Waals surface area (Å²) in [6.07, 6.45) is 5.16. The van der Waals surface area contributed by atoms with Crippen molar-refractivity contribution in [3.05, 3.63) is 36.4 Å². The zero-order valence-corrected chi connectivity index (χ0v) is 16.1. The maximum Gasteiger partial charge on any atom is 0.410 e. The summed E-state index contributed by atoms with van der Waals surface area (Å²) in [5.41, 5.74) is 7.46. The smallest absolute Gasteiger partial charge is 0.410 e. The Bertz CT molecular complexity index is 805. The van der Waals surface area contributed by atoms with Gasteiger partial charge >= 0.3 is 6.09 Å². The Balaban J connectivity index is 1.56. The van der Waals surface area contributed by atoms with Crippen LogP contribution in [0.4, 0.5) is 14.9 Å². The fourth-order valence-corrected chi connectivity index (χ4v) is 3.27. The molecule has 0 atom stereocenters. The highest BCUT2D eigenvalue weighted by molar-refractivity contribution is 5.75. The van der Waals surface area contributed by atoms with E-state index in [1.807, 2.05) is 31.6 Å². The summed E-state index contributed by atoms with van der Waals surface area (Å²) in [5.74, 6) is 0.114. The number of amides is 1. The number of aromatic nitrogens is 2. The number of likely N-dealkylation sites (tertiary alicyclic amines) is 1. The van der Waals surface area contributed by atoms with Gasteiger partial charge < -0.3 is 15.4 Å². The van der Waals surface area contributed by atoms with Gasteiger partial charge in [0.1, 0.15) is 11.4 Å². The number of anilines is 1. The van der Waals surface area contributed by atoms with Crippen molar-refractivity contribution in [2.75, 3.05) is 18.8 Å². The molecule has 27 heavy (non-hydrogen) atoms. The second-order valence-electron chi connectivity index (χ2n) is 8.09. The third-order valence-electron chi connectivity index (χ3n) is 4.67. The van der Waals surface area contributed by atoms with Gasteiger partial charge in [0.05, 0.1) is 6.20 Å². The summed E-state index contributed by atoms with van der Waals surface area (Å²) in [7, 11) is 0. The number of benzene rings is 1. The first-order chi connectivity index (χ1) is 12.7. The van der Waals surface area contributed by atoms with Gasteiger partial charge in [0, 0.05) is 42.6 Å². The largest absolute Gasteiger partial charge is 0.444 e. The van der Waals surface area contributed by atoms with Crippen LogP contribution in [0.3, 0.4) is 0 Å². The summed E-state index contributed by atoms with van der Waals surface area (Å²) >= 11 is 0. The summed E-state index contributed by atoms with van der Waals surface area (Å²) < 4.78 is 20.8. The van der Waals surface area contributed by atoms with E-state index in [-0.39, 0.29) is 11.9 Å². The van der Waals surface area contributed by atoms with Crippen LogP contribution in [0.2, 0.25) is 0 Å². The van der Waals surface area contributed by atoms with Gasteiger partial charge in [-0.2, -0.15) is 5.10 Å². The maximum atomic E-state index is 13.5. The molecule has 0 aliphatic carbocycles. The monoisotopic (exact) mass is 374 g/mol. The van der Waals surface area contributed by atoms with Crippen LogP contribution in [0, 0.1) is 11.7 Å². The molecule has 0 unspecified atom stereocenters. The molecule has 0 saturated carbocycles. The van der Waals surface area contributed by atoms with Crippen molar-refractivity contribution in [2.24, 2.45) is 5.92 Å². The van der Waals surface area contributed by atoms with Gasteiger partial charge in [0.25, 0.3) is 0 Å². The van der Waals surface area contributed by atoms with Gasteiger partial charge in [-0.15, -0.1) is 0 Å². The molecule has 6 nitrogen and oxygen atoms in total. The molecule has 1 fully saturated rings. The Morgan fingerprint density at radius 3 is 2.70 bits per heavy atom. The number of ether oxygens (including phenoxy) is 1. The maximum absolute atomic E-state index is 13.5. The topological polar surface area (TPSA) is 73.4 Å². The van der Waals surface area contributed by atoms with Crippen LogP contribution < -0.4 is 5.73 Å². The minimum atomic E-state index is -0.474. The van der Waals surface area contributed by atoms with E-state index in [0.29, 0.717) is 30.3 Å². The van der Waals surface area contributed by atoms with Crippen LogP contribution in [-0.4, -0.2) is 39.5 Å². The Labute approximate surface area is 159 Å². The first-order valence-electron chi connectivity index (χ1n) is 9.27. The van der Waals surface area contributed by atoms with Crippen molar-refractivity contribution in [1.29, 1.82) is 0 Å². The molecule has 0 bridgehead atoms. The van der Waals surface area contributed by atoms with Crippen molar-refractivity contribution >= 4 is 11.8 Å². The molecule has 1 aromatic carbocycles. The molecule has 1 aromatic heterocycles. The van der Waals surface area contributed by atoms with Crippen LogP contribution in [0.25, 0.3) is 11.1 Å². The number of carbonyl (C=O) groups excluding carboxylic acids is 1. The van der Waals surface area contributed by atoms with E-state index in [9.17, 15) is 9.18 Å². The number of halogens is 1. The second kappa shape index (κ2) is 7.58. The number of hydrogen-bond acceptors (Lipinski definition) is 4. The second-order valence-corrected chi connectivity index (χ2v) is 8.09. The molecule has 3 rings (SSSR count). The Morgan fingerprint density at radius 1 is 1.33 bits per heavy atom. The average Bonchev–Trinajstić information content (AvgIpc) is 3.04. The zero-order valence-electron chi connectivity index (χ0n) is 16.1. The summed E-state index contributed by atoms with van der Waals surface area (Å²) in [4.78, 5) is 13.9. The van der Waals surface area contributed by atoms with Gasteiger partial charge in [-0.25, -0.2) is 9.18 Å². The average molecular weight is 374 g/mol. The van der Waals surface area contributed by atoms with Crippen LogP contribution in [0.1, 0.15) is 33.6 Å². The molecule has 2 N–H and O–H groups in total. The minimum absolute atomic E-state index is 0.246. The van der Waals surface area contributed by atoms with Gasteiger partial charge in [0.2, 0.25) is 0 Å². The van der Waals surface area contributed by atoms with Gasteiger partial charge in [-0.05, 0) is 57.7 Å². The number of nitrogens with two attached hydrogens (primary N) is 1. The predicted molar refractivity (Wildman–Crippen MR) is 103 cm³/mol. The quantitative estimate of drug-likeness (QED) is 0.827. The Hall–Kier alpha value is -2.57. The molecule has 1 amide bonds. The van der Waals surface area contributed by atoms with E-state index < -0.39 is 5.60 Å². The van der Waals surface area contributed by atoms with E-state index in [1.165, 1.54) is 12.1 Å². The number of nitrogens with zero attached hydrogens (tertiary/aromatic N) is 3. The van der Waals surface area contributed by atoms with Crippen LogP contribution >= 0.6 is 0 Å². The molecule has 1 aliphatic heterocycles. The fraction of sp³-hybridized carbons (Fsp3) is 0.500. The van der Waals surface area contributed by atoms with Crippen LogP contribution in [0.15, 0.2) is 30.6 Å². The number of nitrogen functional groups attached to an aromatic ring is 1. The van der Waals surface area contributed by atoms with Crippen molar-refractivity contribution in [3.63, 3.8) is 0 Å². The first-order valence-corrected chi connectivity index (χ1v) is 9.27. The molecule has 0 radical (unpaired) electrons. The summed E-state index contributed by atoms with van der Waals surface area (Å²) in [6.45, 7) is 7.75. The van der Waals surface area contributed by atoms with Crippen molar-refractivity contribution in [1.82, 2.24) is 14.7 Å². The minimum Gasteiger partial charge on any atom is -0.444 e. The molecule has 2 aromatic rings. The van der Waals surface area contributed by atoms with Crippen LogP contribution in [-0.2, 0) is 11.3 Å². The van der Waals surface area contributed by atoms with Gasteiger partial charge in [-0.3, -0.25) is 4.68 Å². The number of carbonyl (C=O) groups is 1. The lowest BCUT2D eigenvalue weighted by Gasteiger charge is -2.33. The highest BCUT2D eigenvalue weighted by Gasteiger charge is 2.27. The highest BCUT2D eigenvalue weighted by atomic mass is 19.1. The molecule has 1 saturated heterocycles. The molecular formula is C20H27FN4O2. The Kier molecular flexibility index (Phi) is 5.39. The van der Waals surface area contributed by atoms with Gasteiger partial charge in [-0.1, -0.05) is 0 Å². The lowest BCUT2D eigenvalue weighted by Crippen LogP contribution is -2.42. The van der Waals surface area contributed by atoms with Crippen LogP contribution in [0.5, 0.6) is 0 Å². The zero-order chi connectivity index (χ0) is 19.6. The van der Waals surface area contributed by atoms with E-state index in [2.05, 4.69) is 5.10 Å². The molecule has 146 valence electrons. The van der Waals surface area contributed by atoms with E-state index >= 15 is 0 Å². The van der Waals surface area contributed by atoms with E-state index in [1.54, 1.807) is 17.2 Å². The highest BCUT2D eigenvalue weighted by Crippen LogP contribution is 2.27. The summed E-state index contributed by atoms with van der Waals surface area (Å²) in [6, 6.07) is 4.34. The lowest BCUT2D eigenvalue weighted by atomic mass is 9.97.